The predicted molar refractivity (Wildman–Crippen MR) is 63.0 cm³/mol. The van der Waals surface area contributed by atoms with E-state index in [1.54, 1.807) is 20.8 Å². The molecular formula is C12H18F3NO4. The molecule has 5 nitrogen and oxygen atoms in total. The lowest BCUT2D eigenvalue weighted by molar-refractivity contribution is -0.220. The van der Waals surface area contributed by atoms with Gasteiger partial charge in [-0.1, -0.05) is 0 Å². The minimum Gasteiger partial charge on any atom is -0.469 e. The highest BCUT2D eigenvalue weighted by molar-refractivity contribution is 5.74. The summed E-state index contributed by atoms with van der Waals surface area (Å²) in [6.07, 6.45) is -6.20. The van der Waals surface area contributed by atoms with Crippen molar-refractivity contribution < 1.29 is 32.2 Å². The highest BCUT2D eigenvalue weighted by Crippen LogP contribution is 2.40. The molecule has 1 heterocycles. The molecule has 116 valence electrons. The maximum atomic E-state index is 12.8. The SMILES string of the molecule is COC(=O)C[C@@H]1C[C@H](C(F)(F)F)N1C(=O)OC(C)(C)C. The van der Waals surface area contributed by atoms with Crippen molar-refractivity contribution in [1.82, 2.24) is 4.90 Å². The van der Waals surface area contributed by atoms with Crippen molar-refractivity contribution in [2.75, 3.05) is 7.11 Å². The molecule has 0 spiro atoms. The first-order chi connectivity index (χ1) is 8.95. The van der Waals surface area contributed by atoms with E-state index in [9.17, 15) is 22.8 Å². The third kappa shape index (κ3) is 4.01. The van der Waals surface area contributed by atoms with Crippen LogP contribution in [0.4, 0.5) is 18.0 Å². The van der Waals surface area contributed by atoms with Gasteiger partial charge in [-0.25, -0.2) is 4.79 Å². The van der Waals surface area contributed by atoms with Crippen LogP contribution in [0.1, 0.15) is 33.6 Å². The third-order valence-electron chi connectivity index (χ3n) is 2.84. The zero-order valence-electron chi connectivity index (χ0n) is 11.8. The van der Waals surface area contributed by atoms with Gasteiger partial charge >= 0.3 is 18.2 Å². The van der Waals surface area contributed by atoms with Crippen LogP contribution < -0.4 is 0 Å². The largest absolute Gasteiger partial charge is 0.469 e. The summed E-state index contributed by atoms with van der Waals surface area (Å²) in [6.45, 7) is 4.67. The molecule has 0 aliphatic carbocycles. The van der Waals surface area contributed by atoms with Crippen LogP contribution in [-0.4, -0.2) is 47.9 Å². The summed E-state index contributed by atoms with van der Waals surface area (Å²) in [7, 11) is 1.14. The van der Waals surface area contributed by atoms with Crippen molar-refractivity contribution in [3.05, 3.63) is 0 Å². The summed E-state index contributed by atoms with van der Waals surface area (Å²) in [5.41, 5.74) is -0.904. The number of likely N-dealkylation sites (tertiary alicyclic amines) is 1. The molecule has 0 saturated carbocycles. The lowest BCUT2D eigenvalue weighted by Crippen LogP contribution is -2.65. The van der Waals surface area contributed by atoms with Gasteiger partial charge in [-0.05, 0) is 27.2 Å². The molecule has 0 N–H and O–H groups in total. The summed E-state index contributed by atoms with van der Waals surface area (Å²) in [4.78, 5) is 23.5. The second-order valence-electron chi connectivity index (χ2n) is 5.61. The topological polar surface area (TPSA) is 55.8 Å². The summed E-state index contributed by atoms with van der Waals surface area (Å²) >= 11 is 0. The fourth-order valence-electron chi connectivity index (χ4n) is 1.94. The van der Waals surface area contributed by atoms with E-state index in [2.05, 4.69) is 4.74 Å². The second kappa shape index (κ2) is 5.49. The molecule has 8 heteroatoms. The lowest BCUT2D eigenvalue weighted by atomic mass is 9.90. The molecular weight excluding hydrogens is 279 g/mol. The van der Waals surface area contributed by atoms with Gasteiger partial charge in [-0.3, -0.25) is 9.69 Å². The van der Waals surface area contributed by atoms with Crippen LogP contribution in [0.2, 0.25) is 0 Å². The highest BCUT2D eigenvalue weighted by Gasteiger charge is 2.57. The Labute approximate surface area is 115 Å². The number of esters is 1. The standard InChI is InChI=1S/C12H18F3NO4/c1-11(2,3)20-10(18)16-7(6-9(17)19-4)5-8(16)12(13,14)15/h7-8H,5-6H2,1-4H3/t7-,8+/m0/s1. The Bertz CT molecular complexity index is 389. The van der Waals surface area contributed by atoms with Gasteiger partial charge < -0.3 is 9.47 Å². The predicted octanol–water partition coefficient (Wildman–Crippen LogP) is 2.49. The molecule has 1 rings (SSSR count). The van der Waals surface area contributed by atoms with Crippen LogP contribution in [0, 0.1) is 0 Å². The number of halogens is 3. The van der Waals surface area contributed by atoms with Crippen LogP contribution in [-0.2, 0) is 14.3 Å². The lowest BCUT2D eigenvalue weighted by Gasteiger charge is -2.48. The van der Waals surface area contributed by atoms with E-state index in [4.69, 9.17) is 4.74 Å². The summed E-state index contributed by atoms with van der Waals surface area (Å²) < 4.78 is 47.7. The first-order valence-corrected chi connectivity index (χ1v) is 6.10. The van der Waals surface area contributed by atoms with E-state index < -0.39 is 35.9 Å². The number of amides is 1. The zero-order valence-corrected chi connectivity index (χ0v) is 11.8. The number of carbonyl (C=O) groups is 2. The van der Waals surface area contributed by atoms with Gasteiger partial charge in [-0.2, -0.15) is 13.2 Å². The van der Waals surface area contributed by atoms with Crippen molar-refractivity contribution in [2.45, 2.75) is 57.5 Å². The Balaban J connectivity index is 2.81. The monoisotopic (exact) mass is 297 g/mol. The Hall–Kier alpha value is -1.47. The van der Waals surface area contributed by atoms with Crippen LogP contribution in [0.5, 0.6) is 0 Å². The number of ether oxygens (including phenoxy) is 2. The number of alkyl halides is 3. The first kappa shape index (κ1) is 16.6. The molecule has 0 aromatic heterocycles. The van der Waals surface area contributed by atoms with Crippen molar-refractivity contribution >= 4 is 12.1 Å². The Morgan fingerprint density at radius 1 is 1.25 bits per heavy atom. The van der Waals surface area contributed by atoms with Gasteiger partial charge in [0.1, 0.15) is 11.6 Å². The van der Waals surface area contributed by atoms with Crippen LogP contribution in [0.15, 0.2) is 0 Å². The fourth-order valence-corrected chi connectivity index (χ4v) is 1.94. The van der Waals surface area contributed by atoms with E-state index in [1.165, 1.54) is 0 Å². The molecule has 0 aromatic carbocycles. The molecule has 1 amide bonds. The Kier molecular flexibility index (Phi) is 4.55. The molecule has 1 aliphatic heterocycles. The number of methoxy groups -OCH3 is 1. The molecule has 1 saturated heterocycles. The van der Waals surface area contributed by atoms with E-state index in [0.29, 0.717) is 4.90 Å². The quantitative estimate of drug-likeness (QED) is 0.735. The van der Waals surface area contributed by atoms with E-state index in [1.807, 2.05) is 0 Å². The number of rotatable bonds is 2. The third-order valence-corrected chi connectivity index (χ3v) is 2.84. The zero-order chi connectivity index (χ0) is 15.7. The smallest absolute Gasteiger partial charge is 0.411 e. The summed E-state index contributed by atoms with van der Waals surface area (Å²) in [6, 6.07) is -2.75. The van der Waals surface area contributed by atoms with Crippen molar-refractivity contribution in [3.8, 4) is 0 Å². The second-order valence-corrected chi connectivity index (χ2v) is 5.61. The highest BCUT2D eigenvalue weighted by atomic mass is 19.4. The molecule has 20 heavy (non-hydrogen) atoms. The Morgan fingerprint density at radius 3 is 2.20 bits per heavy atom. The number of nitrogens with zero attached hydrogens (tertiary/aromatic N) is 1. The number of carbonyl (C=O) groups excluding carboxylic acids is 2. The molecule has 0 aromatic rings. The average molecular weight is 297 g/mol. The van der Waals surface area contributed by atoms with Crippen molar-refractivity contribution in [1.29, 1.82) is 0 Å². The maximum Gasteiger partial charge on any atom is 0.411 e. The van der Waals surface area contributed by atoms with Gasteiger partial charge in [-0.15, -0.1) is 0 Å². The van der Waals surface area contributed by atoms with Crippen molar-refractivity contribution in [2.24, 2.45) is 0 Å². The Morgan fingerprint density at radius 2 is 1.80 bits per heavy atom. The molecule has 0 bridgehead atoms. The minimum atomic E-state index is -4.54. The van der Waals surface area contributed by atoms with Gasteiger partial charge in [0.15, 0.2) is 0 Å². The van der Waals surface area contributed by atoms with E-state index in [0.717, 1.165) is 7.11 Å². The van der Waals surface area contributed by atoms with Crippen LogP contribution >= 0.6 is 0 Å². The van der Waals surface area contributed by atoms with Gasteiger partial charge in [0.05, 0.1) is 13.5 Å². The number of hydrogen-bond acceptors (Lipinski definition) is 4. The molecule has 1 aliphatic rings. The first-order valence-electron chi connectivity index (χ1n) is 6.10. The fraction of sp³-hybridized carbons (Fsp3) is 0.833. The van der Waals surface area contributed by atoms with Crippen LogP contribution in [0.3, 0.4) is 0 Å². The average Bonchev–Trinajstić information content (AvgIpc) is 2.18. The molecule has 0 radical (unpaired) electrons. The van der Waals surface area contributed by atoms with Gasteiger partial charge in [0.2, 0.25) is 0 Å². The van der Waals surface area contributed by atoms with Crippen LogP contribution in [0.25, 0.3) is 0 Å². The van der Waals surface area contributed by atoms with E-state index >= 15 is 0 Å². The summed E-state index contributed by atoms with van der Waals surface area (Å²) in [5.74, 6) is -0.663. The molecule has 2 atom stereocenters. The van der Waals surface area contributed by atoms with Crippen molar-refractivity contribution in [3.63, 3.8) is 0 Å². The number of hydrogen-bond donors (Lipinski definition) is 0. The molecule has 0 unspecified atom stereocenters. The van der Waals surface area contributed by atoms with Gasteiger partial charge in [0, 0.05) is 6.04 Å². The van der Waals surface area contributed by atoms with Gasteiger partial charge in [0.25, 0.3) is 0 Å². The maximum absolute atomic E-state index is 12.8. The molecule has 1 fully saturated rings. The van der Waals surface area contributed by atoms with E-state index in [-0.39, 0.29) is 12.8 Å². The summed E-state index contributed by atoms with van der Waals surface area (Å²) in [5, 5.41) is 0. The normalized spacial score (nSPS) is 23.1. The minimum absolute atomic E-state index is 0.275.